The molecule has 2 nitrogen and oxygen atoms in total. The van der Waals surface area contributed by atoms with Crippen LogP contribution < -0.4 is 0 Å². The van der Waals surface area contributed by atoms with E-state index < -0.39 is 0 Å². The van der Waals surface area contributed by atoms with Gasteiger partial charge < -0.3 is 4.74 Å². The van der Waals surface area contributed by atoms with Crippen molar-refractivity contribution in [3.63, 3.8) is 0 Å². The summed E-state index contributed by atoms with van der Waals surface area (Å²) in [6.07, 6.45) is 0. The fraction of sp³-hybridized carbons (Fsp3) is 0.222. The first kappa shape index (κ1) is 10.1. The van der Waals surface area contributed by atoms with Gasteiger partial charge in [-0.25, -0.2) is 4.79 Å². The van der Waals surface area contributed by atoms with E-state index in [1.807, 2.05) is 19.1 Å². The minimum absolute atomic E-state index is 0.225. The molecule has 0 saturated carbocycles. The Morgan fingerprint density at radius 2 is 2.29 bits per heavy atom. The molecule has 0 aliphatic rings. The first-order valence-corrected chi connectivity index (χ1v) is 6.49. The summed E-state index contributed by atoms with van der Waals surface area (Å²) in [7, 11) is 0. The Balaban J connectivity index is 2.36. The molecule has 5 heteroatoms. The Labute approximate surface area is 97.6 Å². The second-order valence-corrected chi connectivity index (χ2v) is 6.37. The Kier molecular flexibility index (Phi) is 2.90. The highest BCUT2D eigenvalue weighted by Crippen LogP contribution is 2.36. The fourth-order valence-corrected chi connectivity index (χ4v) is 4.23. The molecule has 0 aromatic carbocycles. The third kappa shape index (κ3) is 1.85. The lowest BCUT2D eigenvalue weighted by molar-refractivity contribution is 0.0532. The van der Waals surface area contributed by atoms with Crippen molar-refractivity contribution in [2.75, 3.05) is 6.61 Å². The van der Waals surface area contributed by atoms with E-state index in [-0.39, 0.29) is 5.97 Å². The second kappa shape index (κ2) is 4.00. The van der Waals surface area contributed by atoms with Gasteiger partial charge in [0.05, 0.1) is 14.4 Å². The molecular formula is C9H7BrO2S2. The third-order valence-corrected chi connectivity index (χ3v) is 4.53. The summed E-state index contributed by atoms with van der Waals surface area (Å²) in [5.74, 6) is -0.225. The molecule has 0 spiro atoms. The molecule has 0 saturated heterocycles. The number of ether oxygens (including phenoxy) is 1. The lowest BCUT2D eigenvalue weighted by Crippen LogP contribution is -2.01. The van der Waals surface area contributed by atoms with Gasteiger partial charge in [0.25, 0.3) is 0 Å². The smallest absolute Gasteiger partial charge is 0.348 e. The molecule has 2 heterocycles. The van der Waals surface area contributed by atoms with Gasteiger partial charge in [0.15, 0.2) is 0 Å². The zero-order valence-electron chi connectivity index (χ0n) is 7.37. The zero-order valence-corrected chi connectivity index (χ0v) is 10.6. The lowest BCUT2D eigenvalue weighted by atomic mass is 10.4. The molecule has 0 aliphatic heterocycles. The molecule has 0 fully saturated rings. The number of halogens is 1. The number of esters is 1. The van der Waals surface area contributed by atoms with Gasteiger partial charge in [-0.15, -0.1) is 22.7 Å². The summed E-state index contributed by atoms with van der Waals surface area (Å²) in [4.78, 5) is 12.1. The van der Waals surface area contributed by atoms with Gasteiger partial charge in [0.1, 0.15) is 4.88 Å². The monoisotopic (exact) mass is 290 g/mol. The van der Waals surface area contributed by atoms with Crippen LogP contribution in [-0.4, -0.2) is 12.6 Å². The van der Waals surface area contributed by atoms with Crippen LogP contribution in [0.15, 0.2) is 15.9 Å². The van der Waals surface area contributed by atoms with Crippen molar-refractivity contribution in [1.29, 1.82) is 0 Å². The fourth-order valence-electron chi connectivity index (χ4n) is 1.11. The highest BCUT2D eigenvalue weighted by Gasteiger charge is 2.12. The molecule has 0 amide bonds. The summed E-state index contributed by atoms with van der Waals surface area (Å²) >= 11 is 6.52. The first-order valence-electron chi connectivity index (χ1n) is 4.06. The largest absolute Gasteiger partial charge is 0.462 e. The molecule has 0 unspecified atom stereocenters. The molecule has 14 heavy (non-hydrogen) atoms. The van der Waals surface area contributed by atoms with Crippen molar-refractivity contribution in [1.82, 2.24) is 0 Å². The Morgan fingerprint density at radius 3 is 2.93 bits per heavy atom. The summed E-state index contributed by atoms with van der Waals surface area (Å²) in [5.41, 5.74) is 0. The van der Waals surface area contributed by atoms with Gasteiger partial charge in [-0.2, -0.15) is 0 Å². The van der Waals surface area contributed by atoms with Gasteiger partial charge >= 0.3 is 5.97 Å². The Bertz CT molecular complexity index is 441. The Morgan fingerprint density at radius 1 is 1.50 bits per heavy atom. The van der Waals surface area contributed by atoms with E-state index >= 15 is 0 Å². The number of hydrogen-bond acceptors (Lipinski definition) is 4. The lowest BCUT2D eigenvalue weighted by Gasteiger charge is -1.95. The van der Waals surface area contributed by atoms with Gasteiger partial charge in [-0.1, -0.05) is 0 Å². The topological polar surface area (TPSA) is 26.3 Å². The highest BCUT2D eigenvalue weighted by atomic mass is 79.9. The van der Waals surface area contributed by atoms with E-state index in [0.29, 0.717) is 11.5 Å². The van der Waals surface area contributed by atoms with Crippen molar-refractivity contribution in [3.05, 3.63) is 20.8 Å². The minimum Gasteiger partial charge on any atom is -0.462 e. The quantitative estimate of drug-likeness (QED) is 0.784. The normalized spacial score (nSPS) is 10.7. The molecule has 0 bridgehead atoms. The number of carbonyl (C=O) groups excluding carboxylic acids is 1. The maximum absolute atomic E-state index is 11.4. The van der Waals surface area contributed by atoms with E-state index in [1.54, 1.807) is 11.3 Å². The predicted molar refractivity (Wildman–Crippen MR) is 63.4 cm³/mol. The second-order valence-electron chi connectivity index (χ2n) is 2.62. The van der Waals surface area contributed by atoms with E-state index in [9.17, 15) is 4.79 Å². The highest BCUT2D eigenvalue weighted by molar-refractivity contribution is 9.11. The van der Waals surface area contributed by atoms with Crippen LogP contribution in [0, 0.1) is 0 Å². The molecule has 0 radical (unpaired) electrons. The number of rotatable bonds is 2. The van der Waals surface area contributed by atoms with Crippen molar-refractivity contribution >= 4 is 54.0 Å². The van der Waals surface area contributed by atoms with Crippen LogP contribution in [0.1, 0.15) is 16.6 Å². The van der Waals surface area contributed by atoms with Crippen molar-refractivity contribution in [2.24, 2.45) is 0 Å². The standard InChI is InChI=1S/C9H7BrO2S2/c1-2-12-8(11)6-3-5-4-7(10)14-9(5)13-6/h3-4H,2H2,1H3. The maximum atomic E-state index is 11.4. The average molecular weight is 291 g/mol. The Hall–Kier alpha value is -0.390. The van der Waals surface area contributed by atoms with E-state index in [2.05, 4.69) is 15.9 Å². The zero-order chi connectivity index (χ0) is 10.1. The molecule has 0 aliphatic carbocycles. The summed E-state index contributed by atoms with van der Waals surface area (Å²) in [6.45, 7) is 2.23. The van der Waals surface area contributed by atoms with Crippen LogP contribution in [0.25, 0.3) is 9.40 Å². The molecule has 74 valence electrons. The maximum Gasteiger partial charge on any atom is 0.348 e. The van der Waals surface area contributed by atoms with Gasteiger partial charge in [0.2, 0.25) is 0 Å². The summed E-state index contributed by atoms with van der Waals surface area (Å²) in [6, 6.07) is 3.89. The van der Waals surface area contributed by atoms with Gasteiger partial charge in [-0.3, -0.25) is 0 Å². The van der Waals surface area contributed by atoms with Gasteiger partial charge in [-0.05, 0) is 35.0 Å². The summed E-state index contributed by atoms with van der Waals surface area (Å²) in [5, 5.41) is 1.11. The SMILES string of the molecule is CCOC(=O)c1cc2cc(Br)sc2s1. The van der Waals surface area contributed by atoms with Crippen LogP contribution in [0.2, 0.25) is 0 Å². The van der Waals surface area contributed by atoms with Crippen LogP contribution in [0.3, 0.4) is 0 Å². The van der Waals surface area contributed by atoms with Crippen molar-refractivity contribution in [2.45, 2.75) is 6.92 Å². The molecule has 2 rings (SSSR count). The van der Waals surface area contributed by atoms with Crippen LogP contribution >= 0.6 is 38.6 Å². The average Bonchev–Trinajstić information content (AvgIpc) is 2.61. The predicted octanol–water partition coefficient (Wildman–Crippen LogP) is 3.90. The third-order valence-electron chi connectivity index (χ3n) is 1.66. The minimum atomic E-state index is -0.225. The first-order chi connectivity index (χ1) is 6.70. The molecule has 0 atom stereocenters. The number of carbonyl (C=O) groups is 1. The van der Waals surface area contributed by atoms with Crippen molar-refractivity contribution < 1.29 is 9.53 Å². The molecule has 0 N–H and O–H groups in total. The molecule has 2 aromatic rings. The summed E-state index contributed by atoms with van der Waals surface area (Å²) < 4.78 is 7.17. The van der Waals surface area contributed by atoms with Crippen LogP contribution in [0.5, 0.6) is 0 Å². The molecular weight excluding hydrogens is 284 g/mol. The van der Waals surface area contributed by atoms with E-state index in [1.165, 1.54) is 11.3 Å². The van der Waals surface area contributed by atoms with Crippen LogP contribution in [-0.2, 0) is 4.74 Å². The van der Waals surface area contributed by atoms with E-state index in [0.717, 1.165) is 13.2 Å². The van der Waals surface area contributed by atoms with Crippen LogP contribution in [0.4, 0.5) is 0 Å². The van der Waals surface area contributed by atoms with Gasteiger partial charge in [0, 0.05) is 5.39 Å². The number of fused-ring (bicyclic) bond motifs is 1. The molecule has 2 aromatic heterocycles. The van der Waals surface area contributed by atoms with Crippen molar-refractivity contribution in [3.8, 4) is 0 Å². The van der Waals surface area contributed by atoms with E-state index in [4.69, 9.17) is 4.74 Å². The number of hydrogen-bond donors (Lipinski definition) is 0. The number of thiophene rings is 2.